The standard InChI is InChI=1S/C12H6ClNO2S/c13-8-1-2-9-7(3-8)4-10(16-9)12(15)11-5-14-6-17-11/h1-6H. The van der Waals surface area contributed by atoms with Gasteiger partial charge in [0.15, 0.2) is 5.76 Å². The molecule has 0 aliphatic heterocycles. The summed E-state index contributed by atoms with van der Waals surface area (Å²) in [6.45, 7) is 0. The quantitative estimate of drug-likeness (QED) is 0.661. The van der Waals surface area contributed by atoms with E-state index in [0.29, 0.717) is 21.2 Å². The Kier molecular flexibility index (Phi) is 2.46. The third-order valence-corrected chi connectivity index (χ3v) is 3.37. The van der Waals surface area contributed by atoms with E-state index in [1.54, 1.807) is 29.8 Å². The summed E-state index contributed by atoms with van der Waals surface area (Å²) in [6.07, 6.45) is 1.53. The van der Waals surface area contributed by atoms with Crippen molar-refractivity contribution >= 4 is 39.7 Å². The highest BCUT2D eigenvalue weighted by Gasteiger charge is 2.15. The summed E-state index contributed by atoms with van der Waals surface area (Å²) in [5, 5.41) is 1.44. The SMILES string of the molecule is O=C(c1cc2cc(Cl)ccc2o1)c1cncs1. The van der Waals surface area contributed by atoms with Gasteiger partial charge in [-0.25, -0.2) is 0 Å². The average Bonchev–Trinajstić information content (AvgIpc) is 2.96. The maximum Gasteiger partial charge on any atom is 0.239 e. The van der Waals surface area contributed by atoms with Gasteiger partial charge in [0.1, 0.15) is 5.58 Å². The predicted octanol–water partition coefficient (Wildman–Crippen LogP) is 3.77. The van der Waals surface area contributed by atoms with E-state index >= 15 is 0 Å². The van der Waals surface area contributed by atoms with E-state index in [4.69, 9.17) is 16.0 Å². The molecule has 17 heavy (non-hydrogen) atoms. The Morgan fingerprint density at radius 1 is 1.35 bits per heavy atom. The summed E-state index contributed by atoms with van der Waals surface area (Å²) in [6, 6.07) is 6.95. The summed E-state index contributed by atoms with van der Waals surface area (Å²) in [5.74, 6) is 0.159. The molecule has 0 aliphatic rings. The van der Waals surface area contributed by atoms with Gasteiger partial charge in [-0.3, -0.25) is 9.78 Å². The van der Waals surface area contributed by atoms with Crippen molar-refractivity contribution in [2.45, 2.75) is 0 Å². The molecule has 5 heteroatoms. The number of nitrogens with zero attached hydrogens (tertiary/aromatic N) is 1. The number of hydrogen-bond donors (Lipinski definition) is 0. The van der Waals surface area contributed by atoms with Crippen molar-refractivity contribution in [3.63, 3.8) is 0 Å². The van der Waals surface area contributed by atoms with Crippen molar-refractivity contribution in [3.8, 4) is 0 Å². The predicted molar refractivity (Wildman–Crippen MR) is 66.8 cm³/mol. The van der Waals surface area contributed by atoms with Crippen molar-refractivity contribution in [2.24, 2.45) is 0 Å². The maximum absolute atomic E-state index is 12.0. The zero-order valence-electron chi connectivity index (χ0n) is 8.51. The summed E-state index contributed by atoms with van der Waals surface area (Å²) in [4.78, 5) is 16.4. The molecule has 0 spiro atoms. The highest BCUT2D eigenvalue weighted by atomic mass is 35.5. The van der Waals surface area contributed by atoms with E-state index in [0.717, 1.165) is 5.39 Å². The summed E-state index contributed by atoms with van der Waals surface area (Å²) in [7, 11) is 0. The molecule has 2 aromatic heterocycles. The molecular weight excluding hydrogens is 258 g/mol. The minimum Gasteiger partial charge on any atom is -0.453 e. The topological polar surface area (TPSA) is 43.1 Å². The molecule has 84 valence electrons. The van der Waals surface area contributed by atoms with Crippen molar-refractivity contribution in [3.05, 3.63) is 51.6 Å². The van der Waals surface area contributed by atoms with Crippen LogP contribution in [0.25, 0.3) is 11.0 Å². The Hall–Kier alpha value is -1.65. The number of rotatable bonds is 2. The van der Waals surface area contributed by atoms with Gasteiger partial charge >= 0.3 is 0 Å². The van der Waals surface area contributed by atoms with Crippen molar-refractivity contribution in [1.29, 1.82) is 0 Å². The first-order valence-electron chi connectivity index (χ1n) is 4.86. The highest BCUT2D eigenvalue weighted by Crippen LogP contribution is 2.25. The van der Waals surface area contributed by atoms with Gasteiger partial charge in [0, 0.05) is 16.6 Å². The number of fused-ring (bicyclic) bond motifs is 1. The maximum atomic E-state index is 12.0. The average molecular weight is 264 g/mol. The highest BCUT2D eigenvalue weighted by molar-refractivity contribution is 7.11. The van der Waals surface area contributed by atoms with E-state index in [9.17, 15) is 4.79 Å². The minimum atomic E-state index is -0.153. The van der Waals surface area contributed by atoms with Crippen LogP contribution in [0.15, 0.2) is 40.4 Å². The third kappa shape index (κ3) is 1.85. The fraction of sp³-hybridized carbons (Fsp3) is 0. The first-order valence-corrected chi connectivity index (χ1v) is 6.12. The number of halogens is 1. The summed E-state index contributed by atoms with van der Waals surface area (Å²) in [5.41, 5.74) is 2.27. The van der Waals surface area contributed by atoms with Gasteiger partial charge in [-0.2, -0.15) is 0 Å². The molecule has 0 atom stereocenters. The molecule has 0 radical (unpaired) electrons. The Bertz CT molecular complexity index is 688. The van der Waals surface area contributed by atoms with E-state index in [2.05, 4.69) is 4.98 Å². The smallest absolute Gasteiger partial charge is 0.239 e. The molecule has 3 rings (SSSR count). The monoisotopic (exact) mass is 263 g/mol. The van der Waals surface area contributed by atoms with Gasteiger partial charge in [-0.15, -0.1) is 11.3 Å². The lowest BCUT2D eigenvalue weighted by molar-refractivity contribution is 0.101. The normalized spacial score (nSPS) is 10.9. The molecule has 0 saturated carbocycles. The van der Waals surface area contributed by atoms with Gasteiger partial charge in [0.2, 0.25) is 5.78 Å². The third-order valence-electron chi connectivity index (χ3n) is 2.36. The lowest BCUT2D eigenvalue weighted by Gasteiger charge is -1.89. The van der Waals surface area contributed by atoms with Crippen LogP contribution in [0, 0.1) is 0 Å². The molecule has 0 unspecified atom stereocenters. The summed E-state index contributed by atoms with van der Waals surface area (Å²) < 4.78 is 5.48. The largest absolute Gasteiger partial charge is 0.453 e. The summed E-state index contributed by atoms with van der Waals surface area (Å²) >= 11 is 7.16. The van der Waals surface area contributed by atoms with Crippen LogP contribution in [0.2, 0.25) is 5.02 Å². The molecular formula is C12H6ClNO2S. The number of aromatic nitrogens is 1. The molecule has 2 heterocycles. The van der Waals surface area contributed by atoms with E-state index in [1.165, 1.54) is 17.5 Å². The number of thiazole rings is 1. The zero-order valence-corrected chi connectivity index (χ0v) is 10.1. The molecule has 0 saturated heterocycles. The fourth-order valence-electron chi connectivity index (χ4n) is 1.58. The minimum absolute atomic E-state index is 0.153. The van der Waals surface area contributed by atoms with Crippen LogP contribution in [0.4, 0.5) is 0 Å². The van der Waals surface area contributed by atoms with Crippen LogP contribution in [-0.4, -0.2) is 10.8 Å². The molecule has 0 amide bonds. The second-order valence-corrected chi connectivity index (χ2v) is 4.81. The first kappa shape index (κ1) is 10.5. The number of furan rings is 1. The van der Waals surface area contributed by atoms with Gasteiger partial charge in [0.05, 0.1) is 10.4 Å². The van der Waals surface area contributed by atoms with Crippen LogP contribution >= 0.6 is 22.9 Å². The van der Waals surface area contributed by atoms with Gasteiger partial charge in [0.25, 0.3) is 0 Å². The number of carbonyl (C=O) groups is 1. The lowest BCUT2D eigenvalue weighted by Crippen LogP contribution is -1.95. The fourth-order valence-corrected chi connectivity index (χ4v) is 2.32. The van der Waals surface area contributed by atoms with Crippen LogP contribution in [0.5, 0.6) is 0 Å². The van der Waals surface area contributed by atoms with Crippen molar-refractivity contribution < 1.29 is 9.21 Å². The molecule has 1 aromatic carbocycles. The molecule has 3 nitrogen and oxygen atoms in total. The zero-order chi connectivity index (χ0) is 11.8. The number of ketones is 1. The Balaban J connectivity index is 2.09. The van der Waals surface area contributed by atoms with E-state index in [1.807, 2.05) is 0 Å². The lowest BCUT2D eigenvalue weighted by atomic mass is 10.2. The Labute approximate surface area is 106 Å². The van der Waals surface area contributed by atoms with Crippen molar-refractivity contribution in [1.82, 2.24) is 4.98 Å². The van der Waals surface area contributed by atoms with Crippen LogP contribution in [0.3, 0.4) is 0 Å². The Morgan fingerprint density at radius 2 is 2.24 bits per heavy atom. The van der Waals surface area contributed by atoms with Gasteiger partial charge < -0.3 is 4.42 Å². The van der Waals surface area contributed by atoms with Crippen molar-refractivity contribution in [2.75, 3.05) is 0 Å². The van der Waals surface area contributed by atoms with Gasteiger partial charge in [-0.05, 0) is 24.3 Å². The molecule has 0 bridgehead atoms. The van der Waals surface area contributed by atoms with Crippen LogP contribution in [-0.2, 0) is 0 Å². The molecule has 3 aromatic rings. The molecule has 0 fully saturated rings. The number of hydrogen-bond acceptors (Lipinski definition) is 4. The second kappa shape index (κ2) is 3.98. The number of carbonyl (C=O) groups excluding carboxylic acids is 1. The van der Waals surface area contributed by atoms with Crippen LogP contribution < -0.4 is 0 Å². The van der Waals surface area contributed by atoms with Crippen LogP contribution in [0.1, 0.15) is 15.4 Å². The Morgan fingerprint density at radius 3 is 3.00 bits per heavy atom. The van der Waals surface area contributed by atoms with E-state index in [-0.39, 0.29) is 5.78 Å². The number of benzene rings is 1. The van der Waals surface area contributed by atoms with E-state index < -0.39 is 0 Å². The van der Waals surface area contributed by atoms with Gasteiger partial charge in [-0.1, -0.05) is 11.6 Å². The first-order chi connectivity index (χ1) is 8.24. The second-order valence-electron chi connectivity index (χ2n) is 3.49. The molecule has 0 N–H and O–H groups in total. The molecule has 0 aliphatic carbocycles.